The molecule has 5 rings (SSSR count). The van der Waals surface area contributed by atoms with Crippen LogP contribution in [0, 0.1) is 22.0 Å². The van der Waals surface area contributed by atoms with Crippen LogP contribution < -0.4 is 4.74 Å². The van der Waals surface area contributed by atoms with Gasteiger partial charge in [0.2, 0.25) is 0 Å². The largest absolute Gasteiger partial charge is 0.422 e. The van der Waals surface area contributed by atoms with Crippen LogP contribution in [0.25, 0.3) is 0 Å². The maximum absolute atomic E-state index is 13.6. The SMILES string of the molecule is O=C(CN(C(=O)c1ccc([N+](=O)[O-])cc1)N1C(=O)[C@@H]2CC=CC[C@H]2C1=O)c1ccc(OC(=O)c2cccs2)cc1. The van der Waals surface area contributed by atoms with Gasteiger partial charge in [0.05, 0.1) is 16.8 Å². The number of nitro groups is 1. The maximum Gasteiger partial charge on any atom is 0.353 e. The number of hydrogen-bond acceptors (Lipinski definition) is 9. The summed E-state index contributed by atoms with van der Waals surface area (Å²) >= 11 is 1.22. The number of rotatable bonds is 8. The van der Waals surface area contributed by atoms with Gasteiger partial charge in [0.15, 0.2) is 5.78 Å². The summed E-state index contributed by atoms with van der Waals surface area (Å²) in [6.45, 7) is -0.644. The number of amides is 3. The zero-order valence-electron chi connectivity index (χ0n) is 20.8. The van der Waals surface area contributed by atoms with Gasteiger partial charge in [-0.3, -0.25) is 29.3 Å². The topological polar surface area (TPSA) is 144 Å². The van der Waals surface area contributed by atoms with E-state index in [0.717, 1.165) is 22.2 Å². The molecule has 1 saturated heterocycles. The van der Waals surface area contributed by atoms with Crippen LogP contribution in [0.5, 0.6) is 5.75 Å². The average molecular weight is 560 g/mol. The fourth-order valence-electron chi connectivity index (χ4n) is 4.62. The molecule has 11 nitrogen and oxygen atoms in total. The lowest BCUT2D eigenvalue weighted by Crippen LogP contribution is -2.52. The van der Waals surface area contributed by atoms with Crippen LogP contribution in [0.2, 0.25) is 0 Å². The summed E-state index contributed by atoms with van der Waals surface area (Å²) in [6, 6.07) is 13.7. The molecule has 0 unspecified atom stereocenters. The van der Waals surface area contributed by atoms with Gasteiger partial charge in [-0.1, -0.05) is 18.2 Å². The second-order valence-corrected chi connectivity index (χ2v) is 10.1. The van der Waals surface area contributed by atoms with Crippen molar-refractivity contribution in [2.24, 2.45) is 11.8 Å². The van der Waals surface area contributed by atoms with Crippen molar-refractivity contribution in [1.29, 1.82) is 0 Å². The Morgan fingerprint density at radius 1 is 0.925 bits per heavy atom. The first-order valence-electron chi connectivity index (χ1n) is 12.2. The molecular formula is C28H21N3O8S. The summed E-state index contributed by atoms with van der Waals surface area (Å²) in [5.41, 5.74) is -0.136. The third-order valence-corrected chi connectivity index (χ3v) is 7.54. The molecule has 0 bridgehead atoms. The van der Waals surface area contributed by atoms with E-state index in [1.165, 1.54) is 47.7 Å². The van der Waals surface area contributed by atoms with Crippen molar-refractivity contribution in [3.8, 4) is 5.75 Å². The zero-order valence-corrected chi connectivity index (χ0v) is 21.6. The smallest absolute Gasteiger partial charge is 0.353 e. The number of ether oxygens (including phenoxy) is 1. The first-order valence-corrected chi connectivity index (χ1v) is 13.1. The number of allylic oxidation sites excluding steroid dienone is 2. The van der Waals surface area contributed by atoms with Crippen molar-refractivity contribution in [3.63, 3.8) is 0 Å². The van der Waals surface area contributed by atoms with Crippen LogP contribution in [-0.4, -0.2) is 51.0 Å². The van der Waals surface area contributed by atoms with E-state index in [9.17, 15) is 34.1 Å². The normalized spacial score (nSPS) is 17.9. The maximum atomic E-state index is 13.6. The van der Waals surface area contributed by atoms with Gasteiger partial charge >= 0.3 is 5.97 Å². The van der Waals surface area contributed by atoms with Crippen LogP contribution in [0.15, 0.2) is 78.2 Å². The molecular weight excluding hydrogens is 538 g/mol. The fourth-order valence-corrected chi connectivity index (χ4v) is 5.22. The van der Waals surface area contributed by atoms with Crippen LogP contribution in [0.3, 0.4) is 0 Å². The van der Waals surface area contributed by atoms with E-state index in [-0.39, 0.29) is 22.6 Å². The van der Waals surface area contributed by atoms with Gasteiger partial charge in [-0.2, -0.15) is 5.01 Å². The molecule has 2 aliphatic rings. The highest BCUT2D eigenvalue weighted by atomic mass is 32.1. The number of hydrogen-bond donors (Lipinski definition) is 0. The Morgan fingerprint density at radius 2 is 1.52 bits per heavy atom. The number of hydrazine groups is 1. The number of fused-ring (bicyclic) bond motifs is 1. The molecule has 0 N–H and O–H groups in total. The Labute approximate surface area is 231 Å². The highest BCUT2D eigenvalue weighted by molar-refractivity contribution is 7.12. The minimum Gasteiger partial charge on any atom is -0.422 e. The van der Waals surface area contributed by atoms with Crippen molar-refractivity contribution in [3.05, 3.63) is 104 Å². The van der Waals surface area contributed by atoms with Crippen molar-refractivity contribution < 1.29 is 33.6 Å². The fraction of sp³-hybridized carbons (Fsp3) is 0.179. The molecule has 2 heterocycles. The molecule has 0 radical (unpaired) electrons. The quantitative estimate of drug-likeness (QED) is 0.0764. The number of carbonyl (C=O) groups excluding carboxylic acids is 5. The van der Waals surface area contributed by atoms with Crippen molar-refractivity contribution in [2.45, 2.75) is 12.8 Å². The molecule has 2 aromatic carbocycles. The van der Waals surface area contributed by atoms with E-state index in [1.807, 2.05) is 0 Å². The van der Waals surface area contributed by atoms with Gasteiger partial charge < -0.3 is 4.74 Å². The number of benzene rings is 2. The summed E-state index contributed by atoms with van der Waals surface area (Å²) in [5.74, 6) is -4.21. The summed E-state index contributed by atoms with van der Waals surface area (Å²) < 4.78 is 5.30. The average Bonchev–Trinajstić information content (AvgIpc) is 3.59. The van der Waals surface area contributed by atoms with Gasteiger partial charge in [0, 0.05) is 23.3 Å². The van der Waals surface area contributed by atoms with Gasteiger partial charge in [0.25, 0.3) is 23.4 Å². The van der Waals surface area contributed by atoms with Crippen molar-refractivity contribution in [1.82, 2.24) is 10.0 Å². The molecule has 202 valence electrons. The van der Waals surface area contributed by atoms with Crippen molar-refractivity contribution >= 4 is 46.5 Å². The Balaban J connectivity index is 1.39. The summed E-state index contributed by atoms with van der Waals surface area (Å²) in [4.78, 5) is 76.4. The summed E-state index contributed by atoms with van der Waals surface area (Å²) in [7, 11) is 0. The molecule has 3 amide bonds. The molecule has 1 aromatic heterocycles. The van der Waals surface area contributed by atoms with E-state index < -0.39 is 52.8 Å². The molecule has 0 saturated carbocycles. The summed E-state index contributed by atoms with van der Waals surface area (Å²) in [6.07, 6.45) is 4.28. The van der Waals surface area contributed by atoms with E-state index in [0.29, 0.717) is 17.7 Å². The van der Waals surface area contributed by atoms with Crippen LogP contribution in [-0.2, 0) is 9.59 Å². The molecule has 1 aliphatic heterocycles. The predicted octanol–water partition coefficient (Wildman–Crippen LogP) is 4.07. The standard InChI is InChI=1S/C28H21N3O8S/c32-23(17-9-13-20(14-10-17)39-28(36)24-6-3-15-40-24)16-29(25(33)18-7-11-19(12-8-18)31(37)38)30-26(34)21-4-1-2-5-22(21)27(30)35/h1-3,6-15,21-22H,4-5,16H2/t21-,22-/m1/s1. The first-order chi connectivity index (χ1) is 19.2. The zero-order chi connectivity index (χ0) is 28.4. The second-order valence-electron chi connectivity index (χ2n) is 9.13. The molecule has 2 atom stereocenters. The number of thiophene rings is 1. The Hall–Kier alpha value is -4.97. The van der Waals surface area contributed by atoms with Crippen LogP contribution >= 0.6 is 11.3 Å². The Morgan fingerprint density at radius 3 is 2.08 bits per heavy atom. The molecule has 12 heteroatoms. The molecule has 40 heavy (non-hydrogen) atoms. The number of nitrogens with zero attached hydrogens (tertiary/aromatic N) is 3. The number of esters is 1. The van der Waals surface area contributed by atoms with Gasteiger partial charge in [-0.05, 0) is 60.7 Å². The van der Waals surface area contributed by atoms with Crippen LogP contribution in [0.1, 0.15) is 43.2 Å². The number of carbonyl (C=O) groups is 5. The minimum absolute atomic E-state index is 0.0390. The minimum atomic E-state index is -0.835. The number of Topliss-reactive ketones (excluding diaryl/α,β-unsaturated/α-hetero) is 1. The van der Waals surface area contributed by atoms with E-state index in [1.54, 1.807) is 29.7 Å². The number of imide groups is 1. The lowest BCUT2D eigenvalue weighted by Gasteiger charge is -2.30. The van der Waals surface area contributed by atoms with Gasteiger partial charge in [0.1, 0.15) is 17.2 Å². The third-order valence-electron chi connectivity index (χ3n) is 6.69. The first kappa shape index (κ1) is 26.6. The number of nitro benzene ring substituents is 1. The van der Waals surface area contributed by atoms with E-state index >= 15 is 0 Å². The number of ketones is 1. The van der Waals surface area contributed by atoms with Gasteiger partial charge in [-0.25, -0.2) is 9.80 Å². The number of non-ortho nitro benzene ring substituents is 1. The molecule has 3 aromatic rings. The highest BCUT2D eigenvalue weighted by Gasteiger charge is 2.51. The van der Waals surface area contributed by atoms with Gasteiger partial charge in [-0.15, -0.1) is 11.3 Å². The van der Waals surface area contributed by atoms with E-state index in [2.05, 4.69) is 0 Å². The molecule has 0 spiro atoms. The van der Waals surface area contributed by atoms with Crippen LogP contribution in [0.4, 0.5) is 5.69 Å². The third kappa shape index (κ3) is 5.16. The van der Waals surface area contributed by atoms with E-state index in [4.69, 9.17) is 4.74 Å². The highest BCUT2D eigenvalue weighted by Crippen LogP contribution is 2.36. The lowest BCUT2D eigenvalue weighted by molar-refractivity contribution is -0.384. The monoisotopic (exact) mass is 559 g/mol. The Kier molecular flexibility index (Phi) is 7.34. The Bertz CT molecular complexity index is 1500. The summed E-state index contributed by atoms with van der Waals surface area (Å²) in [5, 5.41) is 14.3. The second kappa shape index (κ2) is 11.0. The predicted molar refractivity (Wildman–Crippen MR) is 141 cm³/mol. The molecule has 1 aliphatic carbocycles. The lowest BCUT2D eigenvalue weighted by atomic mass is 9.85. The van der Waals surface area contributed by atoms with Crippen molar-refractivity contribution in [2.75, 3.05) is 6.54 Å². The molecule has 1 fully saturated rings.